The molecule has 0 unspecified atom stereocenters. The summed E-state index contributed by atoms with van der Waals surface area (Å²) in [6.07, 6.45) is -0.812. The third-order valence-corrected chi connectivity index (χ3v) is 9.17. The van der Waals surface area contributed by atoms with Crippen LogP contribution in [-0.2, 0) is 25.9 Å². The standard InChI is InChI=1S/C34H32F2N2O6S/c35-27-15-12-26(30(36)22-27)23-37-33(40)34(18-21-45(41,42)29-10-5-2-6-11-29)31(24-8-3-1-4-9-24)44-32(38-34)25-13-16-28(17-14-25)43-20-7-19-39/h1-6,8-17,22,31,39H,7,18-21,23H2,(H,37,40)/t31-,34-/m1/s1. The number of carbonyl (C=O) groups is 1. The van der Waals surface area contributed by atoms with Gasteiger partial charge >= 0.3 is 0 Å². The van der Waals surface area contributed by atoms with Gasteiger partial charge in [0.1, 0.15) is 17.4 Å². The molecule has 2 atom stereocenters. The van der Waals surface area contributed by atoms with Crippen LogP contribution in [0.25, 0.3) is 0 Å². The number of ether oxygens (including phenoxy) is 2. The van der Waals surface area contributed by atoms with Gasteiger partial charge in [-0.3, -0.25) is 4.79 Å². The van der Waals surface area contributed by atoms with Crippen molar-refractivity contribution < 1.29 is 36.6 Å². The molecule has 2 N–H and O–H groups in total. The van der Waals surface area contributed by atoms with Crippen molar-refractivity contribution in [2.75, 3.05) is 19.0 Å². The summed E-state index contributed by atoms with van der Waals surface area (Å²) in [6.45, 7) is 0.0448. The Hall–Kier alpha value is -4.61. The Morgan fingerprint density at radius 1 is 0.956 bits per heavy atom. The van der Waals surface area contributed by atoms with E-state index in [1.165, 1.54) is 18.2 Å². The zero-order valence-electron chi connectivity index (χ0n) is 24.2. The molecule has 11 heteroatoms. The van der Waals surface area contributed by atoms with Crippen LogP contribution < -0.4 is 10.1 Å². The number of nitrogens with one attached hydrogen (secondary N) is 1. The normalized spacial score (nSPS) is 17.8. The Morgan fingerprint density at radius 3 is 2.31 bits per heavy atom. The fourth-order valence-corrected chi connectivity index (χ4v) is 6.41. The fourth-order valence-electron chi connectivity index (χ4n) is 5.03. The van der Waals surface area contributed by atoms with Crippen molar-refractivity contribution in [2.45, 2.75) is 35.9 Å². The molecule has 0 radical (unpaired) electrons. The molecular formula is C34H32F2N2O6S. The van der Waals surface area contributed by atoms with Crippen molar-refractivity contribution in [3.63, 3.8) is 0 Å². The Kier molecular flexibility index (Phi) is 9.90. The number of aliphatic hydroxyl groups is 1. The maximum absolute atomic E-state index is 14.5. The lowest BCUT2D eigenvalue weighted by molar-refractivity contribution is -0.129. The first-order valence-corrected chi connectivity index (χ1v) is 16.0. The number of hydrogen-bond acceptors (Lipinski definition) is 7. The highest BCUT2D eigenvalue weighted by atomic mass is 32.2. The summed E-state index contributed by atoms with van der Waals surface area (Å²) in [5, 5.41) is 11.7. The van der Waals surface area contributed by atoms with Crippen LogP contribution in [0.3, 0.4) is 0 Å². The lowest BCUT2D eigenvalue weighted by Crippen LogP contribution is -2.49. The van der Waals surface area contributed by atoms with Gasteiger partial charge in [0.2, 0.25) is 5.90 Å². The fraction of sp³-hybridized carbons (Fsp3) is 0.235. The number of sulfone groups is 1. The summed E-state index contributed by atoms with van der Waals surface area (Å²) in [7, 11) is -3.84. The summed E-state index contributed by atoms with van der Waals surface area (Å²) >= 11 is 0. The van der Waals surface area contributed by atoms with Crippen LogP contribution in [0.5, 0.6) is 5.75 Å². The van der Waals surface area contributed by atoms with Crippen LogP contribution in [-0.4, -0.2) is 49.8 Å². The van der Waals surface area contributed by atoms with Crippen molar-refractivity contribution in [2.24, 2.45) is 4.99 Å². The lowest BCUT2D eigenvalue weighted by Gasteiger charge is -2.30. The van der Waals surface area contributed by atoms with Gasteiger partial charge in [0.15, 0.2) is 21.5 Å². The molecule has 5 rings (SSSR count). The van der Waals surface area contributed by atoms with Crippen LogP contribution >= 0.6 is 0 Å². The number of hydrogen-bond donors (Lipinski definition) is 2. The average Bonchev–Trinajstić information content (AvgIpc) is 3.46. The van der Waals surface area contributed by atoms with Gasteiger partial charge < -0.3 is 19.9 Å². The van der Waals surface area contributed by atoms with Crippen molar-refractivity contribution >= 4 is 21.6 Å². The lowest BCUT2D eigenvalue weighted by atomic mass is 9.85. The molecule has 0 aliphatic carbocycles. The Labute approximate surface area is 260 Å². The number of carbonyl (C=O) groups excluding carboxylic acids is 1. The van der Waals surface area contributed by atoms with E-state index < -0.39 is 44.8 Å². The molecule has 4 aromatic rings. The van der Waals surface area contributed by atoms with Crippen molar-refractivity contribution in [1.82, 2.24) is 5.32 Å². The van der Waals surface area contributed by atoms with Crippen LogP contribution in [0.15, 0.2) is 113 Å². The summed E-state index contributed by atoms with van der Waals surface area (Å²) in [4.78, 5) is 19.1. The van der Waals surface area contributed by atoms with Crippen LogP contribution in [0.1, 0.15) is 35.6 Å². The van der Waals surface area contributed by atoms with Crippen molar-refractivity contribution in [1.29, 1.82) is 0 Å². The Bertz CT molecular complexity index is 1750. The molecule has 0 fully saturated rings. The minimum atomic E-state index is -3.84. The molecule has 4 aromatic carbocycles. The van der Waals surface area contributed by atoms with E-state index in [2.05, 4.69) is 5.32 Å². The van der Waals surface area contributed by atoms with Crippen molar-refractivity contribution in [3.8, 4) is 5.75 Å². The molecular weight excluding hydrogens is 602 g/mol. The van der Waals surface area contributed by atoms with E-state index in [1.54, 1.807) is 72.8 Å². The summed E-state index contributed by atoms with van der Waals surface area (Å²) in [6, 6.07) is 26.6. The number of amides is 1. The predicted molar refractivity (Wildman–Crippen MR) is 164 cm³/mol. The van der Waals surface area contributed by atoms with E-state index in [1.807, 2.05) is 0 Å². The van der Waals surface area contributed by atoms with Crippen LogP contribution in [0.2, 0.25) is 0 Å². The molecule has 0 saturated carbocycles. The monoisotopic (exact) mass is 634 g/mol. The van der Waals surface area contributed by atoms with Crippen LogP contribution in [0, 0.1) is 11.6 Å². The largest absolute Gasteiger partial charge is 0.494 e. The third kappa shape index (κ3) is 7.38. The minimum Gasteiger partial charge on any atom is -0.494 e. The average molecular weight is 635 g/mol. The highest BCUT2D eigenvalue weighted by Gasteiger charge is 2.53. The first-order chi connectivity index (χ1) is 21.7. The smallest absolute Gasteiger partial charge is 0.252 e. The second-order valence-electron chi connectivity index (χ2n) is 10.5. The number of rotatable bonds is 13. The highest BCUT2D eigenvalue weighted by molar-refractivity contribution is 7.91. The van der Waals surface area contributed by atoms with Gasteiger partial charge in [0, 0.05) is 43.2 Å². The maximum Gasteiger partial charge on any atom is 0.252 e. The second kappa shape index (κ2) is 14.0. The van der Waals surface area contributed by atoms with Gasteiger partial charge in [0.25, 0.3) is 5.91 Å². The number of nitrogens with zero attached hydrogens (tertiary/aromatic N) is 1. The number of benzene rings is 4. The van der Waals surface area contributed by atoms with E-state index in [4.69, 9.17) is 19.6 Å². The summed E-state index contributed by atoms with van der Waals surface area (Å²) < 4.78 is 66.8. The Morgan fingerprint density at radius 2 is 1.64 bits per heavy atom. The summed E-state index contributed by atoms with van der Waals surface area (Å²) in [5.74, 6) is -2.02. The van der Waals surface area contributed by atoms with Gasteiger partial charge in [-0.25, -0.2) is 22.2 Å². The Balaban J connectivity index is 1.53. The zero-order valence-corrected chi connectivity index (χ0v) is 25.1. The van der Waals surface area contributed by atoms with Gasteiger partial charge in [0.05, 0.1) is 17.3 Å². The molecule has 1 amide bonds. The molecule has 0 spiro atoms. The molecule has 234 valence electrons. The molecule has 1 heterocycles. The van der Waals surface area contributed by atoms with Crippen molar-refractivity contribution in [3.05, 3.63) is 131 Å². The van der Waals surface area contributed by atoms with E-state index in [0.717, 1.165) is 12.1 Å². The number of aliphatic imine (C=N–C) groups is 1. The molecule has 0 bridgehead atoms. The molecule has 1 aliphatic heterocycles. The third-order valence-electron chi connectivity index (χ3n) is 7.44. The van der Waals surface area contributed by atoms with Gasteiger partial charge in [-0.05, 0) is 48.0 Å². The van der Waals surface area contributed by atoms with Gasteiger partial charge in [-0.2, -0.15) is 0 Å². The maximum atomic E-state index is 14.5. The highest BCUT2D eigenvalue weighted by Crippen LogP contribution is 2.43. The molecule has 45 heavy (non-hydrogen) atoms. The minimum absolute atomic E-state index is 0.00153. The number of aliphatic hydroxyl groups excluding tert-OH is 1. The predicted octanol–water partition coefficient (Wildman–Crippen LogP) is 5.16. The van der Waals surface area contributed by atoms with Crippen LogP contribution in [0.4, 0.5) is 8.78 Å². The zero-order chi connectivity index (χ0) is 31.9. The van der Waals surface area contributed by atoms with E-state index in [0.29, 0.717) is 29.9 Å². The topological polar surface area (TPSA) is 114 Å². The first kappa shape index (κ1) is 31.8. The first-order valence-electron chi connectivity index (χ1n) is 14.4. The SMILES string of the molecule is O=C(NCc1ccc(F)cc1F)[C@]1(CCS(=O)(=O)c2ccccc2)N=C(c2ccc(OCCCO)cc2)O[C@@H]1c1ccccc1. The van der Waals surface area contributed by atoms with E-state index >= 15 is 0 Å². The molecule has 1 aliphatic rings. The quantitative estimate of drug-likeness (QED) is 0.197. The summed E-state index contributed by atoms with van der Waals surface area (Å²) in [5.41, 5.74) is -0.616. The van der Waals surface area contributed by atoms with Gasteiger partial charge in [-0.15, -0.1) is 0 Å². The van der Waals surface area contributed by atoms with E-state index in [9.17, 15) is 22.0 Å². The second-order valence-corrected chi connectivity index (χ2v) is 12.6. The van der Waals surface area contributed by atoms with E-state index in [-0.39, 0.29) is 35.9 Å². The molecule has 0 aromatic heterocycles. The molecule has 0 saturated heterocycles. The number of halogens is 2. The van der Waals surface area contributed by atoms with Gasteiger partial charge in [-0.1, -0.05) is 54.6 Å². The molecule has 8 nitrogen and oxygen atoms in total.